The van der Waals surface area contributed by atoms with E-state index >= 15 is 0 Å². The summed E-state index contributed by atoms with van der Waals surface area (Å²) in [5, 5.41) is 0.0935. The summed E-state index contributed by atoms with van der Waals surface area (Å²) < 4.78 is 30.0. The molecule has 1 aromatic rings. The Balaban J connectivity index is 2.79. The molecule has 2 unspecified atom stereocenters. The number of carbonyl (C=O) groups excluding carboxylic acids is 2. The van der Waals surface area contributed by atoms with Gasteiger partial charge in [-0.15, -0.1) is 11.6 Å². The number of carbonyl (C=O) groups is 2. The van der Waals surface area contributed by atoms with Crippen LogP contribution in [0.4, 0.5) is 0 Å². The molecule has 2 amide bonds. The van der Waals surface area contributed by atoms with Crippen molar-refractivity contribution >= 4 is 33.5 Å². The third-order valence-electron chi connectivity index (χ3n) is 2.77. The van der Waals surface area contributed by atoms with Crippen molar-refractivity contribution in [1.29, 1.82) is 0 Å². The largest absolute Gasteiger partial charge is 0.293 e. The number of nitrogens with one attached hydrogen (secondary N) is 1. The number of alkyl halides is 1. The van der Waals surface area contributed by atoms with Gasteiger partial charge in [0.25, 0.3) is 16.0 Å². The Morgan fingerprint density at radius 3 is 2.17 bits per heavy atom. The van der Waals surface area contributed by atoms with Gasteiger partial charge in [-0.05, 0) is 5.56 Å². The Morgan fingerprint density at radius 2 is 1.78 bits per heavy atom. The fraction of sp³-hybridized carbons (Fsp3) is 0.200. The molecule has 6 nitrogen and oxygen atoms in total. The maximum absolute atomic E-state index is 11.8. The Bertz CT molecular complexity index is 614. The molecular weight excluding hydrogens is 282 g/mol. The molecule has 0 spiro atoms. The Labute approximate surface area is 108 Å². The maximum atomic E-state index is 11.8. The van der Waals surface area contributed by atoms with Crippen LogP contribution in [0.25, 0.3) is 0 Å². The van der Waals surface area contributed by atoms with E-state index < -0.39 is 32.1 Å². The van der Waals surface area contributed by atoms with E-state index in [9.17, 15) is 22.6 Å². The molecule has 0 aliphatic carbocycles. The number of benzene rings is 1. The zero-order chi connectivity index (χ0) is 13.6. The summed E-state index contributed by atoms with van der Waals surface area (Å²) in [5.74, 6) is -2.11. The molecule has 8 heteroatoms. The van der Waals surface area contributed by atoms with Crippen LogP contribution in [-0.4, -0.2) is 30.2 Å². The van der Waals surface area contributed by atoms with Gasteiger partial charge in [0.1, 0.15) is 5.38 Å². The van der Waals surface area contributed by atoms with Gasteiger partial charge >= 0.3 is 0 Å². The molecule has 1 aromatic carbocycles. The first-order valence-corrected chi connectivity index (χ1v) is 6.71. The summed E-state index contributed by atoms with van der Waals surface area (Å²) in [6, 6.07) is 7.16. The van der Waals surface area contributed by atoms with Gasteiger partial charge in [0.05, 0.1) is 0 Å². The van der Waals surface area contributed by atoms with Crippen molar-refractivity contribution in [3.63, 3.8) is 0 Å². The summed E-state index contributed by atoms with van der Waals surface area (Å²) in [5.41, 5.74) is -0.0594. The zero-order valence-electron chi connectivity index (χ0n) is 8.83. The minimum Gasteiger partial charge on any atom is -0.293 e. The lowest BCUT2D eigenvalue weighted by atomic mass is 9.96. The highest BCUT2D eigenvalue weighted by Crippen LogP contribution is 2.40. The van der Waals surface area contributed by atoms with E-state index in [1.807, 2.05) is 5.32 Å². The normalized spacial score (nSPS) is 28.2. The molecular formula is C10H8ClNO5S. The molecule has 1 aliphatic heterocycles. The number of amides is 2. The van der Waals surface area contributed by atoms with Gasteiger partial charge in [-0.1, -0.05) is 30.3 Å². The number of hydrogen-bond donors (Lipinski definition) is 2. The fourth-order valence-electron chi connectivity index (χ4n) is 1.93. The summed E-state index contributed by atoms with van der Waals surface area (Å²) in [6.07, 6.45) is 0. The lowest BCUT2D eigenvalue weighted by Gasteiger charge is -2.24. The van der Waals surface area contributed by atoms with Gasteiger partial charge < -0.3 is 0 Å². The van der Waals surface area contributed by atoms with Crippen LogP contribution in [0.2, 0.25) is 0 Å². The van der Waals surface area contributed by atoms with Gasteiger partial charge in [0, 0.05) is 0 Å². The van der Waals surface area contributed by atoms with Crippen molar-refractivity contribution in [1.82, 2.24) is 5.32 Å². The van der Waals surface area contributed by atoms with Crippen molar-refractivity contribution < 1.29 is 22.6 Å². The van der Waals surface area contributed by atoms with Crippen LogP contribution in [0.5, 0.6) is 0 Å². The molecule has 0 aromatic heterocycles. The van der Waals surface area contributed by atoms with Crippen LogP contribution in [0.1, 0.15) is 5.56 Å². The topological polar surface area (TPSA) is 101 Å². The number of rotatable bonds is 2. The van der Waals surface area contributed by atoms with Gasteiger partial charge in [-0.2, -0.15) is 8.42 Å². The van der Waals surface area contributed by atoms with Crippen LogP contribution < -0.4 is 5.32 Å². The van der Waals surface area contributed by atoms with E-state index in [0.29, 0.717) is 0 Å². The molecule has 1 saturated heterocycles. The summed E-state index contributed by atoms with van der Waals surface area (Å²) >= 11 is 5.73. The average molecular weight is 290 g/mol. The molecule has 1 fully saturated rings. The molecule has 0 radical (unpaired) electrons. The minimum atomic E-state index is -4.91. The predicted molar refractivity (Wildman–Crippen MR) is 62.5 cm³/mol. The average Bonchev–Trinajstić information content (AvgIpc) is 2.51. The van der Waals surface area contributed by atoms with Gasteiger partial charge in [-0.25, -0.2) is 0 Å². The second kappa shape index (κ2) is 4.04. The van der Waals surface area contributed by atoms with Gasteiger partial charge in [-0.3, -0.25) is 19.5 Å². The summed E-state index contributed by atoms with van der Waals surface area (Å²) in [7, 11) is -4.91. The third-order valence-corrected chi connectivity index (χ3v) is 4.90. The first-order valence-electron chi connectivity index (χ1n) is 4.83. The van der Waals surface area contributed by atoms with Crippen molar-refractivity contribution in [3.8, 4) is 0 Å². The lowest BCUT2D eigenvalue weighted by molar-refractivity contribution is -0.125. The first kappa shape index (κ1) is 13.0. The zero-order valence-corrected chi connectivity index (χ0v) is 10.4. The predicted octanol–water partition coefficient (Wildman–Crippen LogP) is 0.0335. The third kappa shape index (κ3) is 1.55. The van der Waals surface area contributed by atoms with Crippen molar-refractivity contribution in [2.24, 2.45) is 0 Å². The molecule has 1 heterocycles. The number of hydrogen-bond acceptors (Lipinski definition) is 4. The van der Waals surface area contributed by atoms with Gasteiger partial charge in [0.15, 0.2) is 0 Å². The van der Waals surface area contributed by atoms with E-state index in [-0.39, 0.29) is 5.56 Å². The van der Waals surface area contributed by atoms with Crippen LogP contribution >= 0.6 is 11.6 Å². The van der Waals surface area contributed by atoms with Crippen molar-refractivity contribution in [2.45, 2.75) is 10.1 Å². The van der Waals surface area contributed by atoms with E-state index in [0.717, 1.165) is 0 Å². The number of halogens is 1. The summed E-state index contributed by atoms with van der Waals surface area (Å²) in [4.78, 5) is 23.2. The first-order chi connectivity index (χ1) is 8.31. The lowest BCUT2D eigenvalue weighted by Crippen LogP contribution is -2.47. The molecule has 2 N–H and O–H groups in total. The molecule has 0 bridgehead atoms. The second-order valence-corrected chi connectivity index (χ2v) is 5.79. The summed E-state index contributed by atoms with van der Waals surface area (Å²) in [6.45, 7) is 0. The molecule has 0 saturated carbocycles. The Kier molecular flexibility index (Phi) is 2.92. The highest BCUT2D eigenvalue weighted by Gasteiger charge is 2.64. The molecule has 1 aliphatic rings. The van der Waals surface area contributed by atoms with E-state index in [1.54, 1.807) is 6.07 Å². The Morgan fingerprint density at radius 1 is 1.22 bits per heavy atom. The van der Waals surface area contributed by atoms with E-state index in [4.69, 9.17) is 11.6 Å². The standard InChI is InChI=1S/C10H8ClNO5S/c11-7-8(13)12-9(14)10(7,18(15,16)17)6-4-2-1-3-5-6/h1-5,7H,(H,12,13,14)(H,15,16,17). The van der Waals surface area contributed by atoms with Crippen LogP contribution in [-0.2, 0) is 24.5 Å². The monoisotopic (exact) mass is 289 g/mol. The highest BCUT2D eigenvalue weighted by atomic mass is 35.5. The van der Waals surface area contributed by atoms with Crippen LogP contribution in [0, 0.1) is 0 Å². The molecule has 96 valence electrons. The maximum Gasteiger partial charge on any atom is 0.286 e. The smallest absolute Gasteiger partial charge is 0.286 e. The van der Waals surface area contributed by atoms with Crippen LogP contribution in [0.3, 0.4) is 0 Å². The van der Waals surface area contributed by atoms with Crippen molar-refractivity contribution in [2.75, 3.05) is 0 Å². The minimum absolute atomic E-state index is 0.0594. The second-order valence-electron chi connectivity index (χ2n) is 3.76. The van der Waals surface area contributed by atoms with E-state index in [1.165, 1.54) is 24.3 Å². The van der Waals surface area contributed by atoms with E-state index in [2.05, 4.69) is 0 Å². The van der Waals surface area contributed by atoms with Crippen LogP contribution in [0.15, 0.2) is 30.3 Å². The highest BCUT2D eigenvalue weighted by molar-refractivity contribution is 7.87. The van der Waals surface area contributed by atoms with Crippen molar-refractivity contribution in [3.05, 3.63) is 35.9 Å². The quantitative estimate of drug-likeness (QED) is 0.455. The fourth-order valence-corrected chi connectivity index (χ4v) is 3.63. The molecule has 2 rings (SSSR count). The molecule has 2 atom stereocenters. The SMILES string of the molecule is O=C1NC(=O)C(c2ccccc2)(S(=O)(=O)O)C1Cl. The Hall–Kier alpha value is -1.44. The van der Waals surface area contributed by atoms with Gasteiger partial charge in [0.2, 0.25) is 10.7 Å². The molecule has 18 heavy (non-hydrogen) atoms. The number of imide groups is 1.